The first-order chi connectivity index (χ1) is 9.50. The number of ether oxygens (including phenoxy) is 1. The van der Waals surface area contributed by atoms with Crippen LogP contribution in [0.5, 0.6) is 0 Å². The summed E-state index contributed by atoms with van der Waals surface area (Å²) in [6, 6.07) is 8.99. The summed E-state index contributed by atoms with van der Waals surface area (Å²) in [6.07, 6.45) is 5.43. The van der Waals surface area contributed by atoms with Crippen molar-refractivity contribution in [2.75, 3.05) is 13.7 Å². The van der Waals surface area contributed by atoms with E-state index in [0.29, 0.717) is 17.6 Å². The topological polar surface area (TPSA) is 21.3 Å². The second kappa shape index (κ2) is 6.73. The molecule has 0 aliphatic heterocycles. The minimum absolute atomic E-state index is 0.296. The number of hydrogen-bond donors (Lipinski definition) is 1. The van der Waals surface area contributed by atoms with Crippen molar-refractivity contribution >= 4 is 0 Å². The third kappa shape index (κ3) is 4.32. The second-order valence-corrected chi connectivity index (χ2v) is 6.95. The molecule has 0 heterocycles. The summed E-state index contributed by atoms with van der Waals surface area (Å²) in [7, 11) is 2.01. The van der Waals surface area contributed by atoms with Crippen molar-refractivity contribution in [2.24, 2.45) is 5.41 Å². The molecule has 1 unspecified atom stereocenters. The summed E-state index contributed by atoms with van der Waals surface area (Å²) in [5.74, 6) is 0. The number of hydrogen-bond acceptors (Lipinski definition) is 2. The molecule has 1 aliphatic rings. The number of aryl methyl sites for hydroxylation is 1. The van der Waals surface area contributed by atoms with Crippen LogP contribution in [-0.4, -0.2) is 19.8 Å². The van der Waals surface area contributed by atoms with Crippen molar-refractivity contribution in [3.8, 4) is 0 Å². The lowest BCUT2D eigenvalue weighted by Crippen LogP contribution is -2.30. The molecule has 2 rings (SSSR count). The van der Waals surface area contributed by atoms with E-state index in [4.69, 9.17) is 4.74 Å². The molecule has 0 aromatic heterocycles. The van der Waals surface area contributed by atoms with Gasteiger partial charge in [0, 0.05) is 0 Å². The molecule has 0 bridgehead atoms. The van der Waals surface area contributed by atoms with Crippen molar-refractivity contribution in [1.82, 2.24) is 5.32 Å². The van der Waals surface area contributed by atoms with Gasteiger partial charge in [0.25, 0.3) is 0 Å². The lowest BCUT2D eigenvalue weighted by atomic mass is 9.76. The van der Waals surface area contributed by atoms with Crippen LogP contribution in [0.15, 0.2) is 24.3 Å². The Hall–Kier alpha value is -0.860. The molecule has 0 amide bonds. The SMILES string of the molecule is CNC(COC1CCC(C)(C)CC1)c1cccc(C)c1. The van der Waals surface area contributed by atoms with Crippen molar-refractivity contribution in [1.29, 1.82) is 0 Å². The molecule has 1 atom stereocenters. The molecule has 1 saturated carbocycles. The van der Waals surface area contributed by atoms with E-state index in [1.165, 1.54) is 36.8 Å². The summed E-state index contributed by atoms with van der Waals surface area (Å²) in [4.78, 5) is 0. The van der Waals surface area contributed by atoms with Crippen molar-refractivity contribution in [3.63, 3.8) is 0 Å². The van der Waals surface area contributed by atoms with Crippen LogP contribution in [0.3, 0.4) is 0 Å². The Kier molecular flexibility index (Phi) is 5.22. The molecule has 0 spiro atoms. The van der Waals surface area contributed by atoms with Crippen LogP contribution in [0.25, 0.3) is 0 Å². The zero-order valence-electron chi connectivity index (χ0n) is 13.4. The zero-order valence-corrected chi connectivity index (χ0v) is 13.4. The maximum Gasteiger partial charge on any atom is 0.0665 e. The summed E-state index contributed by atoms with van der Waals surface area (Å²) < 4.78 is 6.16. The van der Waals surface area contributed by atoms with E-state index >= 15 is 0 Å². The molecule has 1 aromatic rings. The van der Waals surface area contributed by atoms with E-state index in [2.05, 4.69) is 50.4 Å². The Balaban J connectivity index is 1.86. The van der Waals surface area contributed by atoms with Gasteiger partial charge in [0.15, 0.2) is 0 Å². The zero-order chi connectivity index (χ0) is 14.6. The average Bonchev–Trinajstić information content (AvgIpc) is 2.41. The normalized spacial score (nSPS) is 20.8. The van der Waals surface area contributed by atoms with E-state index in [1.54, 1.807) is 0 Å². The van der Waals surface area contributed by atoms with E-state index in [1.807, 2.05) is 7.05 Å². The van der Waals surface area contributed by atoms with Gasteiger partial charge < -0.3 is 10.1 Å². The van der Waals surface area contributed by atoms with E-state index < -0.39 is 0 Å². The predicted molar refractivity (Wildman–Crippen MR) is 85.0 cm³/mol. The van der Waals surface area contributed by atoms with Crippen molar-refractivity contribution in [3.05, 3.63) is 35.4 Å². The third-order valence-corrected chi connectivity index (χ3v) is 4.58. The smallest absolute Gasteiger partial charge is 0.0665 e. The van der Waals surface area contributed by atoms with Crippen LogP contribution in [0.2, 0.25) is 0 Å². The van der Waals surface area contributed by atoms with Gasteiger partial charge in [-0.2, -0.15) is 0 Å². The quantitative estimate of drug-likeness (QED) is 0.868. The Bertz CT molecular complexity index is 417. The highest BCUT2D eigenvalue weighted by atomic mass is 16.5. The van der Waals surface area contributed by atoms with Crippen LogP contribution < -0.4 is 5.32 Å². The van der Waals surface area contributed by atoms with Gasteiger partial charge in [-0.15, -0.1) is 0 Å². The first-order valence-corrected chi connectivity index (χ1v) is 7.85. The second-order valence-electron chi connectivity index (χ2n) is 6.95. The molecule has 1 aromatic carbocycles. The molecule has 2 heteroatoms. The van der Waals surface area contributed by atoms with Crippen molar-refractivity contribution < 1.29 is 4.74 Å². The van der Waals surface area contributed by atoms with Crippen LogP contribution in [0, 0.1) is 12.3 Å². The first kappa shape index (κ1) is 15.5. The van der Waals surface area contributed by atoms with Gasteiger partial charge in [-0.25, -0.2) is 0 Å². The van der Waals surface area contributed by atoms with E-state index in [0.717, 1.165) is 6.61 Å². The van der Waals surface area contributed by atoms with Gasteiger partial charge in [0.05, 0.1) is 18.8 Å². The summed E-state index contributed by atoms with van der Waals surface area (Å²) in [5.41, 5.74) is 3.14. The fourth-order valence-electron chi connectivity index (χ4n) is 3.00. The van der Waals surface area contributed by atoms with Gasteiger partial charge in [-0.3, -0.25) is 0 Å². The predicted octanol–water partition coefficient (Wildman–Crippen LogP) is 4.24. The molecule has 1 aliphatic carbocycles. The van der Waals surface area contributed by atoms with E-state index in [9.17, 15) is 0 Å². The fraction of sp³-hybridized carbons (Fsp3) is 0.667. The molecule has 0 radical (unpaired) electrons. The minimum Gasteiger partial charge on any atom is -0.376 e. The van der Waals surface area contributed by atoms with Gasteiger partial charge in [0.2, 0.25) is 0 Å². The fourth-order valence-corrected chi connectivity index (χ4v) is 3.00. The largest absolute Gasteiger partial charge is 0.376 e. The minimum atomic E-state index is 0.296. The van der Waals surface area contributed by atoms with Gasteiger partial charge in [0.1, 0.15) is 0 Å². The molecule has 1 N–H and O–H groups in total. The van der Waals surface area contributed by atoms with Crippen LogP contribution in [0.1, 0.15) is 56.7 Å². The van der Waals surface area contributed by atoms with Gasteiger partial charge >= 0.3 is 0 Å². The number of rotatable bonds is 5. The Labute approximate surface area is 123 Å². The Morgan fingerprint density at radius 3 is 2.60 bits per heavy atom. The first-order valence-electron chi connectivity index (χ1n) is 7.85. The molecule has 112 valence electrons. The molecule has 0 saturated heterocycles. The highest BCUT2D eigenvalue weighted by Crippen LogP contribution is 2.36. The van der Waals surface area contributed by atoms with Crippen LogP contribution >= 0.6 is 0 Å². The summed E-state index contributed by atoms with van der Waals surface area (Å²) in [6.45, 7) is 7.64. The Morgan fingerprint density at radius 1 is 1.30 bits per heavy atom. The standard InChI is InChI=1S/C18H29NO/c1-14-6-5-7-15(12-14)17(19-4)13-20-16-8-10-18(2,3)11-9-16/h5-7,12,16-17,19H,8-11,13H2,1-4H3. The monoisotopic (exact) mass is 275 g/mol. The molecule has 2 nitrogen and oxygen atoms in total. The average molecular weight is 275 g/mol. The number of likely N-dealkylation sites (N-methyl/N-ethyl adjacent to an activating group) is 1. The molecule has 1 fully saturated rings. The lowest BCUT2D eigenvalue weighted by Gasteiger charge is -2.34. The maximum absolute atomic E-state index is 6.16. The Morgan fingerprint density at radius 2 is 2.00 bits per heavy atom. The highest BCUT2D eigenvalue weighted by Gasteiger charge is 2.27. The summed E-state index contributed by atoms with van der Waals surface area (Å²) >= 11 is 0. The summed E-state index contributed by atoms with van der Waals surface area (Å²) in [5, 5.41) is 3.38. The van der Waals surface area contributed by atoms with Crippen molar-refractivity contribution in [2.45, 2.75) is 58.6 Å². The number of nitrogens with one attached hydrogen (secondary N) is 1. The molecular weight excluding hydrogens is 246 g/mol. The molecule has 20 heavy (non-hydrogen) atoms. The van der Waals surface area contributed by atoms with E-state index in [-0.39, 0.29) is 0 Å². The van der Waals surface area contributed by atoms with Crippen LogP contribution in [0.4, 0.5) is 0 Å². The molecular formula is C18H29NO. The third-order valence-electron chi connectivity index (χ3n) is 4.58. The van der Waals surface area contributed by atoms with Gasteiger partial charge in [-0.05, 0) is 50.6 Å². The lowest BCUT2D eigenvalue weighted by molar-refractivity contribution is -0.00504. The van der Waals surface area contributed by atoms with Crippen LogP contribution in [-0.2, 0) is 4.74 Å². The highest BCUT2D eigenvalue weighted by molar-refractivity contribution is 5.25. The maximum atomic E-state index is 6.16. The van der Waals surface area contributed by atoms with Gasteiger partial charge in [-0.1, -0.05) is 43.7 Å². The number of benzene rings is 1.